The Hall–Kier alpha value is -3.25. The standard InChI is InChI=1S/C23H21NO4S/c25-22(17-29(28)16-19-11-13-20(14-12-19)23(26)27)24(21-9-5-2-6-10-21)15-18-7-3-1-4-8-18/h1-14H,15-17H2,(H,26,27). The molecule has 0 fully saturated rings. The number of rotatable bonds is 8. The highest BCUT2D eigenvalue weighted by Gasteiger charge is 2.19. The highest BCUT2D eigenvalue weighted by Crippen LogP contribution is 2.18. The van der Waals surface area contributed by atoms with Gasteiger partial charge in [0.2, 0.25) is 5.91 Å². The Labute approximate surface area is 172 Å². The molecule has 0 heterocycles. The van der Waals surface area contributed by atoms with Gasteiger partial charge < -0.3 is 10.0 Å². The van der Waals surface area contributed by atoms with E-state index in [0.29, 0.717) is 6.54 Å². The molecule has 0 spiro atoms. The molecular formula is C23H21NO4S. The smallest absolute Gasteiger partial charge is 0.335 e. The first-order valence-corrected chi connectivity index (χ1v) is 10.6. The number of nitrogens with zero attached hydrogens (tertiary/aromatic N) is 1. The van der Waals surface area contributed by atoms with Gasteiger partial charge in [-0.25, -0.2) is 4.79 Å². The molecule has 29 heavy (non-hydrogen) atoms. The number of carboxylic acid groups (broad SMARTS) is 1. The number of carboxylic acids is 1. The monoisotopic (exact) mass is 407 g/mol. The summed E-state index contributed by atoms with van der Waals surface area (Å²) in [6.45, 7) is 0.397. The van der Waals surface area contributed by atoms with Crippen molar-refractivity contribution in [2.75, 3.05) is 10.7 Å². The summed E-state index contributed by atoms with van der Waals surface area (Å²) >= 11 is 0. The third-order valence-corrected chi connectivity index (χ3v) is 5.59. The van der Waals surface area contributed by atoms with Crippen LogP contribution in [0.2, 0.25) is 0 Å². The minimum atomic E-state index is -1.41. The van der Waals surface area contributed by atoms with Crippen molar-refractivity contribution in [2.24, 2.45) is 0 Å². The van der Waals surface area contributed by atoms with E-state index in [0.717, 1.165) is 16.8 Å². The van der Waals surface area contributed by atoms with Crippen molar-refractivity contribution in [3.05, 3.63) is 102 Å². The number of benzene rings is 3. The molecule has 3 aromatic carbocycles. The van der Waals surface area contributed by atoms with Crippen molar-refractivity contribution < 1.29 is 18.9 Å². The average molecular weight is 407 g/mol. The summed E-state index contributed by atoms with van der Waals surface area (Å²) < 4.78 is 12.6. The molecule has 0 radical (unpaired) electrons. The average Bonchev–Trinajstić information content (AvgIpc) is 2.73. The van der Waals surface area contributed by atoms with E-state index in [9.17, 15) is 13.8 Å². The van der Waals surface area contributed by atoms with Crippen LogP contribution in [0.4, 0.5) is 5.69 Å². The normalized spacial score (nSPS) is 11.6. The second-order valence-corrected chi connectivity index (χ2v) is 7.99. The fourth-order valence-electron chi connectivity index (χ4n) is 2.89. The van der Waals surface area contributed by atoms with Crippen molar-refractivity contribution in [3.63, 3.8) is 0 Å². The van der Waals surface area contributed by atoms with Crippen LogP contribution in [-0.4, -0.2) is 26.9 Å². The molecule has 0 aliphatic heterocycles. The van der Waals surface area contributed by atoms with E-state index >= 15 is 0 Å². The maximum absolute atomic E-state index is 12.9. The van der Waals surface area contributed by atoms with Crippen LogP contribution in [0.5, 0.6) is 0 Å². The van der Waals surface area contributed by atoms with E-state index in [-0.39, 0.29) is 23.0 Å². The van der Waals surface area contributed by atoms with Crippen LogP contribution < -0.4 is 4.90 Å². The molecule has 0 bridgehead atoms. The van der Waals surface area contributed by atoms with Crippen LogP contribution in [-0.2, 0) is 27.9 Å². The Morgan fingerprint density at radius 2 is 1.38 bits per heavy atom. The predicted octanol–water partition coefficient (Wildman–Crippen LogP) is 3.87. The number of hydrogen-bond donors (Lipinski definition) is 1. The van der Waals surface area contributed by atoms with Gasteiger partial charge >= 0.3 is 5.97 Å². The van der Waals surface area contributed by atoms with Crippen molar-refractivity contribution in [3.8, 4) is 0 Å². The molecule has 0 saturated carbocycles. The Balaban J connectivity index is 1.70. The lowest BCUT2D eigenvalue weighted by molar-refractivity contribution is -0.116. The molecule has 5 nitrogen and oxygen atoms in total. The highest BCUT2D eigenvalue weighted by molar-refractivity contribution is 7.84. The summed E-state index contributed by atoms with van der Waals surface area (Å²) in [5.41, 5.74) is 2.65. The first-order valence-electron chi connectivity index (χ1n) is 9.09. The van der Waals surface area contributed by atoms with E-state index in [1.54, 1.807) is 17.0 Å². The molecule has 1 unspecified atom stereocenters. The molecule has 0 aromatic heterocycles. The lowest BCUT2D eigenvalue weighted by atomic mass is 10.1. The number of para-hydroxylation sites is 1. The molecule has 1 N–H and O–H groups in total. The summed E-state index contributed by atoms with van der Waals surface area (Å²) in [6.07, 6.45) is 0. The fraction of sp³-hybridized carbons (Fsp3) is 0.130. The van der Waals surface area contributed by atoms with Crippen LogP contribution in [0.15, 0.2) is 84.9 Å². The molecule has 148 valence electrons. The maximum Gasteiger partial charge on any atom is 0.335 e. The van der Waals surface area contributed by atoms with Crippen molar-refractivity contribution in [1.82, 2.24) is 0 Å². The number of hydrogen-bond acceptors (Lipinski definition) is 3. The van der Waals surface area contributed by atoms with Gasteiger partial charge in [-0.05, 0) is 35.4 Å². The molecule has 0 saturated heterocycles. The van der Waals surface area contributed by atoms with Gasteiger partial charge in [0, 0.05) is 22.2 Å². The summed E-state index contributed by atoms with van der Waals surface area (Å²) in [4.78, 5) is 25.5. The quantitative estimate of drug-likeness (QED) is 0.615. The molecule has 0 aliphatic rings. The Bertz CT molecular complexity index is 988. The third kappa shape index (κ3) is 5.86. The minimum absolute atomic E-state index is 0.109. The van der Waals surface area contributed by atoms with E-state index in [4.69, 9.17) is 5.11 Å². The van der Waals surface area contributed by atoms with Crippen LogP contribution in [0.25, 0.3) is 0 Å². The summed E-state index contributed by atoms with van der Waals surface area (Å²) in [7, 11) is -1.41. The largest absolute Gasteiger partial charge is 0.478 e. The van der Waals surface area contributed by atoms with E-state index in [1.807, 2.05) is 60.7 Å². The zero-order valence-electron chi connectivity index (χ0n) is 15.7. The molecule has 1 atom stereocenters. The van der Waals surface area contributed by atoms with Gasteiger partial charge in [-0.15, -0.1) is 0 Å². The predicted molar refractivity (Wildman–Crippen MR) is 114 cm³/mol. The molecule has 6 heteroatoms. The number of carbonyl (C=O) groups is 2. The van der Waals surface area contributed by atoms with Gasteiger partial charge in [0.05, 0.1) is 12.1 Å². The van der Waals surface area contributed by atoms with Crippen molar-refractivity contribution in [2.45, 2.75) is 12.3 Å². The zero-order chi connectivity index (χ0) is 20.6. The second kappa shape index (κ2) is 9.80. The summed E-state index contributed by atoms with van der Waals surface area (Å²) in [5, 5.41) is 8.96. The summed E-state index contributed by atoms with van der Waals surface area (Å²) in [6, 6.07) is 25.2. The SMILES string of the molecule is O=C(O)c1ccc(CS(=O)CC(=O)N(Cc2ccccc2)c2ccccc2)cc1. The molecule has 3 rings (SSSR count). The van der Waals surface area contributed by atoms with E-state index < -0.39 is 16.8 Å². The zero-order valence-corrected chi connectivity index (χ0v) is 16.5. The van der Waals surface area contributed by atoms with Gasteiger partial charge in [-0.2, -0.15) is 0 Å². The second-order valence-electron chi connectivity index (χ2n) is 6.53. The minimum Gasteiger partial charge on any atom is -0.478 e. The number of aromatic carboxylic acids is 1. The number of anilines is 1. The summed E-state index contributed by atoms with van der Waals surface area (Å²) in [5.74, 6) is -1.14. The molecular weight excluding hydrogens is 386 g/mol. The first kappa shape index (κ1) is 20.5. The lowest BCUT2D eigenvalue weighted by Crippen LogP contribution is -2.34. The van der Waals surface area contributed by atoms with Gasteiger partial charge in [-0.3, -0.25) is 9.00 Å². The lowest BCUT2D eigenvalue weighted by Gasteiger charge is -2.23. The Morgan fingerprint density at radius 3 is 1.97 bits per heavy atom. The van der Waals surface area contributed by atoms with Gasteiger partial charge in [0.15, 0.2) is 0 Å². The topological polar surface area (TPSA) is 74.7 Å². The first-order chi connectivity index (χ1) is 14.0. The van der Waals surface area contributed by atoms with Crippen LogP contribution in [0.1, 0.15) is 21.5 Å². The number of amides is 1. The van der Waals surface area contributed by atoms with Gasteiger partial charge in [0.1, 0.15) is 5.75 Å². The maximum atomic E-state index is 12.9. The van der Waals surface area contributed by atoms with Crippen molar-refractivity contribution >= 4 is 28.4 Å². The van der Waals surface area contributed by atoms with E-state index in [1.165, 1.54) is 12.1 Å². The highest BCUT2D eigenvalue weighted by atomic mass is 32.2. The Kier molecular flexibility index (Phi) is 6.92. The van der Waals surface area contributed by atoms with E-state index in [2.05, 4.69) is 0 Å². The third-order valence-electron chi connectivity index (χ3n) is 4.37. The van der Waals surface area contributed by atoms with Gasteiger partial charge in [0.25, 0.3) is 0 Å². The molecule has 0 aliphatic carbocycles. The molecule has 3 aromatic rings. The van der Waals surface area contributed by atoms with Crippen LogP contribution >= 0.6 is 0 Å². The Morgan fingerprint density at radius 1 is 0.793 bits per heavy atom. The number of carbonyl (C=O) groups excluding carboxylic acids is 1. The van der Waals surface area contributed by atoms with Gasteiger partial charge in [-0.1, -0.05) is 60.7 Å². The van der Waals surface area contributed by atoms with Crippen LogP contribution in [0.3, 0.4) is 0 Å². The molecule has 1 amide bonds. The fourth-order valence-corrected chi connectivity index (χ4v) is 3.99. The van der Waals surface area contributed by atoms with Crippen molar-refractivity contribution in [1.29, 1.82) is 0 Å². The van der Waals surface area contributed by atoms with Crippen LogP contribution in [0, 0.1) is 0 Å².